The number of hydrogen-bond acceptors (Lipinski definition) is 3. The number of benzene rings is 2. The van der Waals surface area contributed by atoms with Gasteiger partial charge in [0.05, 0.1) is 11.1 Å². The zero-order valence-electron chi connectivity index (χ0n) is 13.5. The first-order chi connectivity index (χ1) is 11.4. The summed E-state index contributed by atoms with van der Waals surface area (Å²) in [6.07, 6.45) is 0. The lowest BCUT2D eigenvalue weighted by molar-refractivity contribution is 0.0998. The van der Waals surface area contributed by atoms with Crippen molar-refractivity contribution < 1.29 is 9.59 Å². The monoisotopic (exact) mass is 319 g/mol. The smallest absolute Gasteiger partial charge is 0.256 e. The van der Waals surface area contributed by atoms with Crippen molar-refractivity contribution in [2.24, 2.45) is 5.73 Å². The molecule has 2 amide bonds. The molecule has 0 fully saturated rings. The summed E-state index contributed by atoms with van der Waals surface area (Å²) in [6, 6.07) is 14.1. The van der Waals surface area contributed by atoms with Crippen molar-refractivity contribution in [2.45, 2.75) is 13.8 Å². The van der Waals surface area contributed by atoms with E-state index in [1.165, 1.54) is 0 Å². The highest BCUT2D eigenvalue weighted by molar-refractivity contribution is 6.12. The standard InChI is InChI=1S/C19H17N3O2/c1-11-3-8-17-15(9-11)16(10-12(2)21-17)19(24)22-14-6-4-13(5-7-14)18(20)23/h3-10H,1-2H3,(H2,20,23)(H,22,24). The molecular formula is C19H17N3O2. The van der Waals surface area contributed by atoms with Crippen molar-refractivity contribution in [3.05, 3.63) is 70.9 Å². The minimum absolute atomic E-state index is 0.220. The van der Waals surface area contributed by atoms with Crippen molar-refractivity contribution in [2.75, 3.05) is 5.32 Å². The van der Waals surface area contributed by atoms with E-state index in [9.17, 15) is 9.59 Å². The van der Waals surface area contributed by atoms with E-state index < -0.39 is 5.91 Å². The molecule has 0 unspecified atom stereocenters. The van der Waals surface area contributed by atoms with E-state index in [1.54, 1.807) is 30.3 Å². The lowest BCUT2D eigenvalue weighted by Crippen LogP contribution is -2.14. The van der Waals surface area contributed by atoms with Gasteiger partial charge >= 0.3 is 0 Å². The topological polar surface area (TPSA) is 85.1 Å². The number of amides is 2. The number of hydrogen-bond donors (Lipinski definition) is 2. The first-order valence-corrected chi connectivity index (χ1v) is 7.53. The fraction of sp³-hybridized carbons (Fsp3) is 0.105. The van der Waals surface area contributed by atoms with Gasteiger partial charge in [-0.15, -0.1) is 0 Å². The van der Waals surface area contributed by atoms with Gasteiger partial charge in [-0.3, -0.25) is 14.6 Å². The van der Waals surface area contributed by atoms with Crippen LogP contribution in [0.2, 0.25) is 0 Å². The van der Waals surface area contributed by atoms with Gasteiger partial charge in [-0.25, -0.2) is 0 Å². The van der Waals surface area contributed by atoms with Crippen molar-refractivity contribution in [1.82, 2.24) is 4.98 Å². The number of carbonyl (C=O) groups is 2. The molecule has 0 bridgehead atoms. The molecule has 3 N–H and O–H groups in total. The zero-order chi connectivity index (χ0) is 17.3. The third-order valence-corrected chi connectivity index (χ3v) is 3.76. The molecular weight excluding hydrogens is 302 g/mol. The SMILES string of the molecule is Cc1ccc2nc(C)cc(C(=O)Nc3ccc(C(N)=O)cc3)c2c1. The molecule has 5 heteroatoms. The molecule has 5 nitrogen and oxygen atoms in total. The maximum absolute atomic E-state index is 12.7. The highest BCUT2D eigenvalue weighted by Gasteiger charge is 2.13. The van der Waals surface area contributed by atoms with Gasteiger partial charge < -0.3 is 11.1 Å². The van der Waals surface area contributed by atoms with Crippen LogP contribution in [0, 0.1) is 13.8 Å². The third-order valence-electron chi connectivity index (χ3n) is 3.76. The number of primary amides is 1. The van der Waals surface area contributed by atoms with Gasteiger partial charge in [-0.1, -0.05) is 11.6 Å². The van der Waals surface area contributed by atoms with Crippen molar-refractivity contribution in [3.63, 3.8) is 0 Å². The van der Waals surface area contributed by atoms with Gasteiger partial charge in [-0.2, -0.15) is 0 Å². The number of nitrogens with two attached hydrogens (primary N) is 1. The summed E-state index contributed by atoms with van der Waals surface area (Å²) in [5, 5.41) is 3.66. The maximum atomic E-state index is 12.7. The second kappa shape index (κ2) is 6.12. The Morgan fingerprint density at radius 1 is 1.00 bits per heavy atom. The van der Waals surface area contributed by atoms with Crippen LogP contribution in [0.5, 0.6) is 0 Å². The van der Waals surface area contributed by atoms with E-state index >= 15 is 0 Å². The zero-order valence-corrected chi connectivity index (χ0v) is 13.5. The largest absolute Gasteiger partial charge is 0.366 e. The molecule has 24 heavy (non-hydrogen) atoms. The average Bonchev–Trinajstić information content (AvgIpc) is 2.55. The number of nitrogens with zero attached hydrogens (tertiary/aromatic N) is 1. The maximum Gasteiger partial charge on any atom is 0.256 e. The molecule has 0 aliphatic rings. The van der Waals surface area contributed by atoms with Crippen LogP contribution in [-0.4, -0.2) is 16.8 Å². The van der Waals surface area contributed by atoms with Crippen LogP contribution >= 0.6 is 0 Å². The Hall–Kier alpha value is -3.21. The Kier molecular flexibility index (Phi) is 4.00. The van der Waals surface area contributed by atoms with Crippen LogP contribution < -0.4 is 11.1 Å². The van der Waals surface area contributed by atoms with Gasteiger partial charge in [0.1, 0.15) is 0 Å². The number of nitrogens with one attached hydrogen (secondary N) is 1. The van der Waals surface area contributed by atoms with E-state index in [4.69, 9.17) is 5.73 Å². The highest BCUT2D eigenvalue weighted by Crippen LogP contribution is 2.21. The van der Waals surface area contributed by atoms with Crippen LogP contribution in [0.3, 0.4) is 0 Å². The third kappa shape index (κ3) is 3.10. The Bertz CT molecular complexity index is 947. The van der Waals surface area contributed by atoms with Crippen LogP contribution in [0.4, 0.5) is 5.69 Å². The predicted octanol–water partition coefficient (Wildman–Crippen LogP) is 3.20. The fourth-order valence-electron chi connectivity index (χ4n) is 2.58. The Morgan fingerprint density at radius 3 is 2.38 bits per heavy atom. The van der Waals surface area contributed by atoms with Crippen molar-refractivity contribution >= 4 is 28.4 Å². The first kappa shape index (κ1) is 15.7. The van der Waals surface area contributed by atoms with E-state index in [0.717, 1.165) is 22.2 Å². The molecule has 0 spiro atoms. The summed E-state index contributed by atoms with van der Waals surface area (Å²) < 4.78 is 0. The molecule has 0 saturated heterocycles. The second-order valence-electron chi connectivity index (χ2n) is 5.73. The lowest BCUT2D eigenvalue weighted by Gasteiger charge is -2.10. The second-order valence-corrected chi connectivity index (χ2v) is 5.73. The predicted molar refractivity (Wildman–Crippen MR) is 94.1 cm³/mol. The minimum Gasteiger partial charge on any atom is -0.366 e. The minimum atomic E-state index is -0.501. The number of aryl methyl sites for hydroxylation is 2. The number of fused-ring (bicyclic) bond motifs is 1. The summed E-state index contributed by atoms with van der Waals surface area (Å²) >= 11 is 0. The van der Waals surface area contributed by atoms with Crippen molar-refractivity contribution in [1.29, 1.82) is 0 Å². The number of carbonyl (C=O) groups excluding carboxylic acids is 2. The van der Waals surface area contributed by atoms with E-state index in [1.807, 2.05) is 32.0 Å². The summed E-state index contributed by atoms with van der Waals surface area (Å²) in [5.74, 6) is -0.720. The highest BCUT2D eigenvalue weighted by atomic mass is 16.2. The molecule has 3 aromatic rings. The Balaban J connectivity index is 1.96. The molecule has 0 atom stereocenters. The molecule has 0 saturated carbocycles. The molecule has 1 aromatic heterocycles. The molecule has 0 aliphatic heterocycles. The fourth-order valence-corrected chi connectivity index (χ4v) is 2.58. The molecule has 1 heterocycles. The number of anilines is 1. The Labute approximate surface area is 139 Å². The lowest BCUT2D eigenvalue weighted by atomic mass is 10.0. The number of pyridine rings is 1. The summed E-state index contributed by atoms with van der Waals surface area (Å²) in [5.41, 5.74) is 9.41. The van der Waals surface area contributed by atoms with Gasteiger partial charge in [0.15, 0.2) is 0 Å². The molecule has 3 rings (SSSR count). The van der Waals surface area contributed by atoms with Gasteiger partial charge in [-0.05, 0) is 56.3 Å². The average molecular weight is 319 g/mol. The van der Waals surface area contributed by atoms with Gasteiger partial charge in [0.25, 0.3) is 5.91 Å². The summed E-state index contributed by atoms with van der Waals surface area (Å²) in [7, 11) is 0. The van der Waals surface area contributed by atoms with Crippen molar-refractivity contribution in [3.8, 4) is 0 Å². The molecule has 120 valence electrons. The normalized spacial score (nSPS) is 10.6. The van der Waals surface area contributed by atoms with E-state index in [0.29, 0.717) is 16.8 Å². The molecule has 0 radical (unpaired) electrons. The van der Waals surface area contributed by atoms with Gasteiger partial charge in [0.2, 0.25) is 5.91 Å². The first-order valence-electron chi connectivity index (χ1n) is 7.53. The molecule has 2 aromatic carbocycles. The van der Waals surface area contributed by atoms with Crippen LogP contribution in [-0.2, 0) is 0 Å². The van der Waals surface area contributed by atoms with Crippen LogP contribution in [0.25, 0.3) is 10.9 Å². The number of aromatic nitrogens is 1. The summed E-state index contributed by atoms with van der Waals surface area (Å²) in [6.45, 7) is 3.83. The number of rotatable bonds is 3. The van der Waals surface area contributed by atoms with E-state index in [-0.39, 0.29) is 5.91 Å². The molecule has 0 aliphatic carbocycles. The van der Waals surface area contributed by atoms with E-state index in [2.05, 4.69) is 10.3 Å². The quantitative estimate of drug-likeness (QED) is 0.777. The van der Waals surface area contributed by atoms with Crippen LogP contribution in [0.15, 0.2) is 48.5 Å². The Morgan fingerprint density at radius 2 is 1.71 bits per heavy atom. The summed E-state index contributed by atoms with van der Waals surface area (Å²) in [4.78, 5) is 28.2. The van der Waals surface area contributed by atoms with Crippen LogP contribution in [0.1, 0.15) is 32.0 Å². The van der Waals surface area contributed by atoms with Gasteiger partial charge in [0, 0.05) is 22.3 Å².